The van der Waals surface area contributed by atoms with Crippen LogP contribution in [0.2, 0.25) is 0 Å². The summed E-state index contributed by atoms with van der Waals surface area (Å²) in [6.07, 6.45) is -6.47. The Bertz CT molecular complexity index is 4230. The van der Waals surface area contributed by atoms with Crippen molar-refractivity contribution in [2.75, 3.05) is 18.4 Å². The predicted octanol–water partition coefficient (Wildman–Crippen LogP) is 1.08. The fraction of sp³-hybridized carbons (Fsp3) is 0.438. The third kappa shape index (κ3) is 29.2. The number of nitrogens with two attached hydrogens (primary N) is 1. The summed E-state index contributed by atoms with van der Waals surface area (Å²) in [4.78, 5) is 209. The molecule has 1 unspecified atom stereocenters. The molecule has 0 saturated carbocycles. The molecule has 1 heterocycles. The summed E-state index contributed by atoms with van der Waals surface area (Å²) in [5.41, 5.74) is 7.32. The van der Waals surface area contributed by atoms with E-state index in [0.29, 0.717) is 47.2 Å². The number of rotatable bonds is 45. The average molecular weight is 1550 g/mol. The lowest BCUT2D eigenvalue weighted by Crippen LogP contribution is -2.61. The highest BCUT2D eigenvalue weighted by Crippen LogP contribution is 2.42. The quantitative estimate of drug-likeness (QED) is 0.0147. The van der Waals surface area contributed by atoms with Gasteiger partial charge in [0.25, 0.3) is 0 Å². The molecule has 3 aromatic carbocycles. The SMILES string of the molecule is CC(C)C[C@H](NC(=O)[C@H](Cc1ccccc1)NC(=O)[C@H](CCC(=O)O)NC(=O)CNC(=O)C(NC(=O)[C@H](CCC(=O)O)NC(=O)[C@H](CCC(=O)O)NC(=O)[C@H](CC(=O)O)NC(=O)[C@H](CC(C)C)NC(=O)CCCCCNC(=S)Nc1ccc(-c2c3ccc(=O)cc-3oc3cc(O)ccc23)c(C(=O)O)c1)[C@@H](C)O)C(N)=O. The van der Waals surface area contributed by atoms with Gasteiger partial charge in [-0.05, 0) is 123 Å². The standard InChI is InChI=1S/C73H92N12O24S/c1-36(2)28-50(64(74)99)82-69(104)52(30-39-12-8-6-9-13-39)83-65(100)47(21-24-58(91)92)78-57(90)35-76-71(106)63(38(5)86)85-67(102)49(23-26-60(95)96)80-66(101)48(22-25-59(93)94)81-70(105)53(34-61(97)98)84-68(103)51(29-37(3)4)79-56(89)14-10-7-11-27-75-73(110)77-40-15-18-43(46(31-40)72(107)108)62-44-19-16-41(87)32-54(44)109-55-33-42(88)17-20-45(55)62/h6,8-9,12-13,15-20,31-33,36-38,47-53,63,86-87H,7,10-11,14,21-30,34-35H2,1-5H3,(H2,74,99)(H,76,106)(H,78,90)(H,79,89)(H,80,101)(H,81,105)(H,82,104)(H,83,100)(H,84,103)(H,85,102)(H,91,92)(H,93,94)(H,95,96)(H,97,98)(H,107,108)(H2,75,77,110)/t38-,47+,48+,49+,50+,51+,52+,53+,63?/m1/s1. The molecule has 594 valence electrons. The van der Waals surface area contributed by atoms with Crippen LogP contribution >= 0.6 is 12.2 Å². The third-order valence-electron chi connectivity index (χ3n) is 16.8. The van der Waals surface area contributed by atoms with Crippen molar-refractivity contribution >= 4 is 123 Å². The number of phenolic OH excluding ortho intramolecular Hbond substituents is 1. The van der Waals surface area contributed by atoms with Gasteiger partial charge in [-0.15, -0.1) is 0 Å². The molecule has 36 nitrogen and oxygen atoms in total. The molecule has 2 aliphatic rings. The van der Waals surface area contributed by atoms with Crippen molar-refractivity contribution in [1.29, 1.82) is 0 Å². The van der Waals surface area contributed by atoms with Gasteiger partial charge in [-0.3, -0.25) is 71.9 Å². The first-order chi connectivity index (χ1) is 51.9. The van der Waals surface area contributed by atoms with Gasteiger partial charge in [0.05, 0.1) is 24.6 Å². The number of benzene rings is 4. The van der Waals surface area contributed by atoms with Crippen LogP contribution < -0.4 is 69.6 Å². The molecule has 0 bridgehead atoms. The number of hydrogen-bond acceptors (Lipinski definition) is 20. The summed E-state index contributed by atoms with van der Waals surface area (Å²) >= 11 is 5.48. The van der Waals surface area contributed by atoms with Crippen LogP contribution in [0.3, 0.4) is 0 Å². The Hall–Kier alpha value is -12.2. The Kier molecular flexibility index (Phi) is 34.6. The Labute approximate surface area is 634 Å². The summed E-state index contributed by atoms with van der Waals surface area (Å²) in [6, 6.07) is 7.65. The predicted molar refractivity (Wildman–Crippen MR) is 397 cm³/mol. The van der Waals surface area contributed by atoms with Gasteiger partial charge in [0.2, 0.25) is 59.1 Å². The fourth-order valence-electron chi connectivity index (χ4n) is 11.4. The Morgan fingerprint density at radius 2 is 1.02 bits per heavy atom. The van der Waals surface area contributed by atoms with E-state index in [1.165, 1.54) is 36.4 Å². The van der Waals surface area contributed by atoms with E-state index in [9.17, 15) is 112 Å². The molecular weight excluding hydrogens is 1460 g/mol. The van der Waals surface area contributed by atoms with Crippen LogP contribution in [0.1, 0.15) is 134 Å². The van der Waals surface area contributed by atoms with Gasteiger partial charge in [-0.2, -0.15) is 0 Å². The largest absolute Gasteiger partial charge is 0.508 e. The minimum atomic E-state index is -2.02. The number of hydrogen-bond donors (Lipinski definition) is 19. The minimum absolute atomic E-state index is 0.0371. The number of carboxylic acid groups (broad SMARTS) is 5. The molecule has 5 rings (SSSR count). The van der Waals surface area contributed by atoms with Gasteiger partial charge in [-0.25, -0.2) is 4.79 Å². The van der Waals surface area contributed by atoms with Crippen LogP contribution in [0.4, 0.5) is 5.69 Å². The number of thiocarbonyl (C=S) groups is 1. The fourth-order valence-corrected chi connectivity index (χ4v) is 11.6. The maximum atomic E-state index is 14.1. The lowest BCUT2D eigenvalue weighted by atomic mass is 9.90. The number of carboxylic acids is 5. The third-order valence-corrected chi connectivity index (χ3v) is 17.1. The first-order valence-corrected chi connectivity index (χ1v) is 35.5. The van der Waals surface area contributed by atoms with Crippen molar-refractivity contribution in [1.82, 2.24) is 53.2 Å². The number of aliphatic hydroxyl groups is 1. The second kappa shape index (κ2) is 43.0. The van der Waals surface area contributed by atoms with E-state index in [0.717, 1.165) is 6.92 Å². The lowest BCUT2D eigenvalue weighted by molar-refractivity contribution is -0.142. The molecule has 1 aliphatic heterocycles. The summed E-state index contributed by atoms with van der Waals surface area (Å²) in [6.45, 7) is 7.23. The van der Waals surface area contributed by atoms with Crippen molar-refractivity contribution in [3.05, 3.63) is 106 Å². The highest BCUT2D eigenvalue weighted by atomic mass is 32.1. The zero-order valence-electron chi connectivity index (χ0n) is 60.8. The number of unbranched alkanes of at least 4 members (excludes halogenated alkanes) is 2. The molecule has 3 aromatic rings. The molecular formula is C73H92N12O24S. The number of carbonyl (C=O) groups is 15. The number of anilines is 1. The molecule has 0 fully saturated rings. The number of aromatic carboxylic acids is 1. The molecule has 110 heavy (non-hydrogen) atoms. The molecule has 20 N–H and O–H groups in total. The van der Waals surface area contributed by atoms with Crippen molar-refractivity contribution in [2.45, 2.75) is 179 Å². The van der Waals surface area contributed by atoms with E-state index in [1.807, 2.05) is 0 Å². The zero-order chi connectivity index (χ0) is 81.6. The van der Waals surface area contributed by atoms with Gasteiger partial charge in [0.1, 0.15) is 65.4 Å². The molecule has 37 heteroatoms. The first kappa shape index (κ1) is 88.5. The van der Waals surface area contributed by atoms with Gasteiger partial charge < -0.3 is 104 Å². The molecule has 0 aromatic heterocycles. The zero-order valence-corrected chi connectivity index (χ0v) is 61.6. The molecule has 10 amide bonds. The number of fused-ring (bicyclic) bond motifs is 2. The molecule has 1 aliphatic carbocycles. The number of aliphatic hydroxyl groups excluding tert-OH is 1. The maximum absolute atomic E-state index is 14.1. The van der Waals surface area contributed by atoms with Crippen LogP contribution in [0.15, 0.2) is 94.1 Å². The summed E-state index contributed by atoms with van der Waals surface area (Å²) < 4.78 is 5.90. The van der Waals surface area contributed by atoms with E-state index < -0.39 is 195 Å². The van der Waals surface area contributed by atoms with E-state index in [1.54, 1.807) is 76.2 Å². The topological polar surface area (TPSA) is 586 Å². The number of amides is 10. The van der Waals surface area contributed by atoms with Crippen LogP contribution in [0.25, 0.3) is 33.4 Å². The minimum Gasteiger partial charge on any atom is -0.508 e. The molecule has 0 saturated heterocycles. The Morgan fingerprint density at radius 3 is 1.58 bits per heavy atom. The Balaban J connectivity index is 1.19. The number of aromatic hydroxyl groups is 1. The Morgan fingerprint density at radius 1 is 0.500 bits per heavy atom. The number of carbonyl (C=O) groups excluding carboxylic acids is 10. The van der Waals surface area contributed by atoms with E-state index in [4.69, 9.17) is 22.4 Å². The van der Waals surface area contributed by atoms with Gasteiger partial charge in [0, 0.05) is 73.0 Å². The summed E-state index contributed by atoms with van der Waals surface area (Å²) in [5.74, 6) is -18.7. The number of nitrogens with one attached hydrogen (secondary N) is 11. The van der Waals surface area contributed by atoms with Gasteiger partial charge in [-0.1, -0.05) is 70.5 Å². The van der Waals surface area contributed by atoms with E-state index >= 15 is 0 Å². The highest BCUT2D eigenvalue weighted by molar-refractivity contribution is 7.80. The highest BCUT2D eigenvalue weighted by Gasteiger charge is 2.37. The second-order valence-electron chi connectivity index (χ2n) is 26.8. The maximum Gasteiger partial charge on any atom is 0.336 e. The smallest absolute Gasteiger partial charge is 0.336 e. The van der Waals surface area contributed by atoms with E-state index in [2.05, 4.69) is 58.5 Å². The van der Waals surface area contributed by atoms with E-state index in [-0.39, 0.29) is 82.7 Å². The van der Waals surface area contributed by atoms with Crippen LogP contribution in [-0.4, -0.2) is 197 Å². The van der Waals surface area contributed by atoms with Crippen molar-refractivity contribution < 1.29 is 112 Å². The summed E-state index contributed by atoms with van der Waals surface area (Å²) in [5, 5.41) is 97.2. The number of phenols is 1. The second-order valence-corrected chi connectivity index (χ2v) is 27.2. The normalized spacial score (nSPS) is 13.6. The molecule has 9 atom stereocenters. The van der Waals surface area contributed by atoms with Crippen molar-refractivity contribution in [2.24, 2.45) is 17.6 Å². The van der Waals surface area contributed by atoms with Crippen molar-refractivity contribution in [3.8, 4) is 28.2 Å². The monoisotopic (exact) mass is 1550 g/mol. The molecule has 0 spiro atoms. The van der Waals surface area contributed by atoms with Crippen LogP contribution in [0.5, 0.6) is 5.75 Å². The number of aliphatic carboxylic acids is 4. The van der Waals surface area contributed by atoms with Crippen molar-refractivity contribution in [3.63, 3.8) is 0 Å². The summed E-state index contributed by atoms with van der Waals surface area (Å²) in [7, 11) is 0. The average Bonchev–Trinajstić information content (AvgIpc) is 0.747. The van der Waals surface area contributed by atoms with Crippen LogP contribution in [-0.2, 0) is 73.5 Å². The van der Waals surface area contributed by atoms with Crippen LogP contribution in [0, 0.1) is 11.8 Å². The molecule has 0 radical (unpaired) electrons. The number of primary amides is 1. The van der Waals surface area contributed by atoms with Gasteiger partial charge >= 0.3 is 29.8 Å². The first-order valence-electron chi connectivity index (χ1n) is 35.1. The lowest BCUT2D eigenvalue weighted by Gasteiger charge is -2.27. The van der Waals surface area contributed by atoms with Gasteiger partial charge in [0.15, 0.2) is 10.5 Å².